The van der Waals surface area contributed by atoms with Gasteiger partial charge in [-0.3, -0.25) is 0 Å². The van der Waals surface area contributed by atoms with E-state index in [1.165, 1.54) is 5.56 Å². The first kappa shape index (κ1) is 17.2. The molecule has 0 saturated carbocycles. The molecule has 0 radical (unpaired) electrons. The van der Waals surface area contributed by atoms with Crippen molar-refractivity contribution in [2.45, 2.75) is 39.7 Å². The highest BCUT2D eigenvalue weighted by atomic mass is 16.3. The summed E-state index contributed by atoms with van der Waals surface area (Å²) in [5.74, 6) is 1.08. The second-order valence-electron chi connectivity index (χ2n) is 6.13. The van der Waals surface area contributed by atoms with Gasteiger partial charge >= 0.3 is 0 Å². The van der Waals surface area contributed by atoms with E-state index in [1.807, 2.05) is 12.1 Å². The molecule has 1 aromatic carbocycles. The van der Waals surface area contributed by atoms with E-state index < -0.39 is 6.10 Å². The zero-order valence-corrected chi connectivity index (χ0v) is 13.0. The van der Waals surface area contributed by atoms with E-state index in [-0.39, 0.29) is 6.61 Å². The van der Waals surface area contributed by atoms with Gasteiger partial charge in [-0.25, -0.2) is 0 Å². The zero-order valence-electron chi connectivity index (χ0n) is 13.0. The number of aliphatic hydroxyl groups is 2. The van der Waals surface area contributed by atoms with Gasteiger partial charge in [0.1, 0.15) is 0 Å². The van der Waals surface area contributed by atoms with Crippen LogP contribution in [0, 0.1) is 11.8 Å². The fourth-order valence-corrected chi connectivity index (χ4v) is 2.25. The first-order valence-corrected chi connectivity index (χ1v) is 7.61. The van der Waals surface area contributed by atoms with Crippen molar-refractivity contribution in [2.75, 3.05) is 19.7 Å². The second kappa shape index (κ2) is 9.11. The SMILES string of the molecule is CC(C)Cc1ccc(C(O)CNCC(C)CCO)cc1. The van der Waals surface area contributed by atoms with Crippen LogP contribution in [-0.4, -0.2) is 29.9 Å². The van der Waals surface area contributed by atoms with Crippen molar-refractivity contribution < 1.29 is 10.2 Å². The number of hydrogen-bond donors (Lipinski definition) is 3. The summed E-state index contributed by atoms with van der Waals surface area (Å²) >= 11 is 0. The second-order valence-corrected chi connectivity index (χ2v) is 6.13. The van der Waals surface area contributed by atoms with Crippen molar-refractivity contribution in [1.82, 2.24) is 5.32 Å². The van der Waals surface area contributed by atoms with E-state index >= 15 is 0 Å². The molecule has 0 bridgehead atoms. The average molecular weight is 279 g/mol. The van der Waals surface area contributed by atoms with E-state index in [1.54, 1.807) is 0 Å². The van der Waals surface area contributed by atoms with Crippen LogP contribution < -0.4 is 5.32 Å². The van der Waals surface area contributed by atoms with Crippen molar-refractivity contribution >= 4 is 0 Å². The Bertz CT molecular complexity index is 362. The summed E-state index contributed by atoms with van der Waals surface area (Å²) in [6.45, 7) is 8.11. The molecule has 0 saturated heterocycles. The molecule has 0 heterocycles. The molecule has 1 aromatic rings. The molecule has 1 rings (SSSR count). The Balaban J connectivity index is 2.37. The number of hydrogen-bond acceptors (Lipinski definition) is 3. The van der Waals surface area contributed by atoms with Crippen LogP contribution >= 0.6 is 0 Å². The lowest BCUT2D eigenvalue weighted by Crippen LogP contribution is -2.26. The monoisotopic (exact) mass is 279 g/mol. The lowest BCUT2D eigenvalue weighted by Gasteiger charge is -2.15. The van der Waals surface area contributed by atoms with E-state index in [2.05, 4.69) is 38.2 Å². The third kappa shape index (κ3) is 6.51. The molecule has 114 valence electrons. The summed E-state index contributed by atoms with van der Waals surface area (Å²) in [6.07, 6.45) is 1.41. The highest BCUT2D eigenvalue weighted by Gasteiger charge is 2.08. The number of rotatable bonds is 9. The minimum Gasteiger partial charge on any atom is -0.396 e. The van der Waals surface area contributed by atoms with Crippen molar-refractivity contribution in [3.05, 3.63) is 35.4 Å². The van der Waals surface area contributed by atoms with Crippen LogP contribution in [0.5, 0.6) is 0 Å². The molecule has 2 unspecified atom stereocenters. The summed E-state index contributed by atoms with van der Waals surface area (Å²) < 4.78 is 0. The van der Waals surface area contributed by atoms with Crippen molar-refractivity contribution in [3.8, 4) is 0 Å². The summed E-state index contributed by atoms with van der Waals surface area (Å²) in [6, 6.07) is 8.24. The molecule has 20 heavy (non-hydrogen) atoms. The first-order valence-electron chi connectivity index (χ1n) is 7.61. The van der Waals surface area contributed by atoms with Gasteiger partial charge in [0.25, 0.3) is 0 Å². The maximum absolute atomic E-state index is 10.1. The Morgan fingerprint density at radius 2 is 1.70 bits per heavy atom. The Morgan fingerprint density at radius 3 is 2.25 bits per heavy atom. The zero-order chi connectivity index (χ0) is 15.0. The van der Waals surface area contributed by atoms with Crippen LogP contribution in [0.2, 0.25) is 0 Å². The number of nitrogens with one attached hydrogen (secondary N) is 1. The van der Waals surface area contributed by atoms with Crippen LogP contribution in [0.4, 0.5) is 0 Å². The van der Waals surface area contributed by atoms with E-state index in [0.717, 1.165) is 24.9 Å². The summed E-state index contributed by atoms with van der Waals surface area (Å²) in [4.78, 5) is 0. The lowest BCUT2D eigenvalue weighted by molar-refractivity contribution is 0.171. The highest BCUT2D eigenvalue weighted by molar-refractivity contribution is 5.24. The predicted octanol–water partition coefficient (Wildman–Crippen LogP) is 2.53. The van der Waals surface area contributed by atoms with Crippen LogP contribution in [0.15, 0.2) is 24.3 Å². The van der Waals surface area contributed by atoms with Gasteiger partial charge in [-0.15, -0.1) is 0 Å². The molecule has 0 amide bonds. The lowest BCUT2D eigenvalue weighted by atomic mass is 10.00. The van der Waals surface area contributed by atoms with Gasteiger partial charge in [-0.1, -0.05) is 45.0 Å². The molecule has 3 nitrogen and oxygen atoms in total. The standard InChI is InChI=1S/C17H29NO2/c1-13(2)10-15-4-6-16(7-5-15)17(20)12-18-11-14(3)8-9-19/h4-7,13-14,17-20H,8-12H2,1-3H3. The first-order chi connectivity index (χ1) is 9.52. The topological polar surface area (TPSA) is 52.5 Å². The minimum absolute atomic E-state index is 0.225. The molecular formula is C17H29NO2. The molecule has 0 aliphatic carbocycles. The normalized spacial score (nSPS) is 14.5. The average Bonchev–Trinajstić information content (AvgIpc) is 2.39. The van der Waals surface area contributed by atoms with Crippen LogP contribution in [0.25, 0.3) is 0 Å². The van der Waals surface area contributed by atoms with Crippen molar-refractivity contribution in [3.63, 3.8) is 0 Å². The van der Waals surface area contributed by atoms with E-state index in [0.29, 0.717) is 18.4 Å². The third-order valence-corrected chi connectivity index (χ3v) is 3.46. The molecule has 3 heteroatoms. The smallest absolute Gasteiger partial charge is 0.0914 e. The molecule has 0 fully saturated rings. The fourth-order valence-electron chi connectivity index (χ4n) is 2.25. The van der Waals surface area contributed by atoms with E-state index in [4.69, 9.17) is 5.11 Å². The Morgan fingerprint density at radius 1 is 1.05 bits per heavy atom. The summed E-state index contributed by atoms with van der Waals surface area (Å²) in [5.41, 5.74) is 2.28. The summed E-state index contributed by atoms with van der Waals surface area (Å²) in [7, 11) is 0. The van der Waals surface area contributed by atoms with E-state index in [9.17, 15) is 5.11 Å². The maximum atomic E-state index is 10.1. The van der Waals surface area contributed by atoms with Gasteiger partial charge in [-0.05, 0) is 42.3 Å². The maximum Gasteiger partial charge on any atom is 0.0914 e. The summed E-state index contributed by atoms with van der Waals surface area (Å²) in [5, 5.41) is 22.2. The fraction of sp³-hybridized carbons (Fsp3) is 0.647. The van der Waals surface area contributed by atoms with Gasteiger partial charge in [-0.2, -0.15) is 0 Å². The van der Waals surface area contributed by atoms with Crippen molar-refractivity contribution in [1.29, 1.82) is 0 Å². The molecule has 2 atom stereocenters. The van der Waals surface area contributed by atoms with Gasteiger partial charge in [0, 0.05) is 13.2 Å². The largest absolute Gasteiger partial charge is 0.396 e. The Hall–Kier alpha value is -0.900. The highest BCUT2D eigenvalue weighted by Crippen LogP contribution is 2.15. The third-order valence-electron chi connectivity index (χ3n) is 3.46. The van der Waals surface area contributed by atoms with Gasteiger partial charge in [0.15, 0.2) is 0 Å². The molecule has 0 spiro atoms. The molecule has 3 N–H and O–H groups in total. The van der Waals surface area contributed by atoms with Gasteiger partial charge in [0.05, 0.1) is 6.10 Å². The molecule has 0 aromatic heterocycles. The van der Waals surface area contributed by atoms with Gasteiger partial charge < -0.3 is 15.5 Å². The predicted molar refractivity (Wildman–Crippen MR) is 83.7 cm³/mol. The van der Waals surface area contributed by atoms with Gasteiger partial charge in [0.2, 0.25) is 0 Å². The van der Waals surface area contributed by atoms with Crippen molar-refractivity contribution in [2.24, 2.45) is 11.8 Å². The minimum atomic E-state index is -0.468. The molecule has 0 aliphatic heterocycles. The molecule has 0 aliphatic rings. The Kier molecular flexibility index (Phi) is 7.82. The van der Waals surface area contributed by atoms with Crippen LogP contribution in [0.3, 0.4) is 0 Å². The quantitative estimate of drug-likeness (QED) is 0.651. The molecular weight excluding hydrogens is 250 g/mol. The van der Waals surface area contributed by atoms with Crippen LogP contribution in [0.1, 0.15) is 44.4 Å². The van der Waals surface area contributed by atoms with Crippen LogP contribution in [-0.2, 0) is 6.42 Å². The number of aliphatic hydroxyl groups excluding tert-OH is 2. The number of benzene rings is 1. The Labute approximate surface area is 123 Å².